The lowest BCUT2D eigenvalue weighted by atomic mass is 9.91. The summed E-state index contributed by atoms with van der Waals surface area (Å²) in [4.78, 5) is 11.8. The Morgan fingerprint density at radius 3 is 1.95 bits per heavy atom. The zero-order valence-corrected chi connectivity index (χ0v) is 12.1. The van der Waals surface area contributed by atoms with Crippen molar-refractivity contribution in [2.45, 2.75) is 19.0 Å². The van der Waals surface area contributed by atoms with Crippen molar-refractivity contribution >= 4 is 5.91 Å². The number of hydrogen-bond acceptors (Lipinski definition) is 4. The third-order valence-corrected chi connectivity index (χ3v) is 3.33. The highest BCUT2D eigenvalue weighted by Gasteiger charge is 2.32. The average molecular weight is 286 g/mol. The first-order chi connectivity index (χ1) is 10.1. The van der Waals surface area contributed by atoms with Crippen molar-refractivity contribution in [1.29, 1.82) is 0 Å². The van der Waals surface area contributed by atoms with Gasteiger partial charge in [0, 0.05) is 6.54 Å². The molecule has 0 saturated heterocycles. The summed E-state index contributed by atoms with van der Waals surface area (Å²) in [5.74, 6) is 7.62. The molecule has 1 unspecified atom stereocenters. The van der Waals surface area contributed by atoms with Gasteiger partial charge in [0.25, 0.3) is 0 Å². The van der Waals surface area contributed by atoms with E-state index in [1.165, 1.54) is 0 Å². The van der Waals surface area contributed by atoms with Crippen LogP contribution < -0.4 is 22.7 Å². The molecule has 0 aliphatic carbocycles. The molecule has 2 rings (SSSR count). The second-order valence-electron chi connectivity index (χ2n) is 4.69. The number of hydrogen-bond donors (Lipinski definition) is 4. The van der Waals surface area contributed by atoms with Gasteiger partial charge >= 0.3 is 0 Å². The molecule has 7 N–H and O–H groups in total. The lowest BCUT2D eigenvalue weighted by Gasteiger charge is -2.28. The SMILES string of the molecule is CC(NCc1ccccc1)(C(N)=O)c1ccccc1.NN. The standard InChI is InChI=1S/C16H18N2O.H4N2/c1-16(15(17)19,14-10-6-3-7-11-14)18-12-13-8-4-2-5-9-13;1-2/h2-11,18H,12H2,1H3,(H2,17,19);1-2H2. The number of amides is 1. The zero-order valence-electron chi connectivity index (χ0n) is 12.1. The number of primary amides is 1. The molecule has 2 aromatic rings. The highest BCUT2D eigenvalue weighted by atomic mass is 16.1. The Labute approximate surface area is 125 Å². The molecule has 0 aliphatic heterocycles. The molecule has 21 heavy (non-hydrogen) atoms. The maximum Gasteiger partial charge on any atom is 0.242 e. The van der Waals surface area contributed by atoms with E-state index in [1.807, 2.05) is 67.6 Å². The van der Waals surface area contributed by atoms with Crippen LogP contribution in [0.1, 0.15) is 18.1 Å². The summed E-state index contributed by atoms with van der Waals surface area (Å²) in [5, 5.41) is 3.25. The van der Waals surface area contributed by atoms with E-state index >= 15 is 0 Å². The van der Waals surface area contributed by atoms with E-state index < -0.39 is 5.54 Å². The monoisotopic (exact) mass is 286 g/mol. The number of benzene rings is 2. The van der Waals surface area contributed by atoms with Crippen LogP contribution in [-0.2, 0) is 16.9 Å². The van der Waals surface area contributed by atoms with E-state index in [2.05, 4.69) is 17.0 Å². The van der Waals surface area contributed by atoms with Crippen LogP contribution in [0.15, 0.2) is 60.7 Å². The second-order valence-corrected chi connectivity index (χ2v) is 4.69. The minimum atomic E-state index is -0.864. The summed E-state index contributed by atoms with van der Waals surface area (Å²) in [6, 6.07) is 19.5. The summed E-state index contributed by atoms with van der Waals surface area (Å²) in [5.41, 5.74) is 6.69. The van der Waals surface area contributed by atoms with Crippen LogP contribution in [0.2, 0.25) is 0 Å². The largest absolute Gasteiger partial charge is 0.368 e. The van der Waals surface area contributed by atoms with Crippen molar-refractivity contribution in [2.24, 2.45) is 17.4 Å². The molecule has 0 aliphatic rings. The minimum Gasteiger partial charge on any atom is -0.368 e. The molecular formula is C16H22N4O. The van der Waals surface area contributed by atoms with Crippen LogP contribution >= 0.6 is 0 Å². The normalized spacial score (nSPS) is 12.7. The van der Waals surface area contributed by atoms with Gasteiger partial charge in [-0.15, -0.1) is 0 Å². The van der Waals surface area contributed by atoms with Gasteiger partial charge in [0.1, 0.15) is 5.54 Å². The van der Waals surface area contributed by atoms with E-state index in [4.69, 9.17) is 5.73 Å². The predicted octanol–water partition coefficient (Wildman–Crippen LogP) is 0.996. The molecule has 0 bridgehead atoms. The molecule has 0 aromatic heterocycles. The molecule has 1 atom stereocenters. The predicted molar refractivity (Wildman–Crippen MR) is 84.6 cm³/mol. The van der Waals surface area contributed by atoms with Crippen LogP contribution in [0, 0.1) is 0 Å². The molecule has 0 saturated carbocycles. The highest BCUT2D eigenvalue weighted by Crippen LogP contribution is 2.20. The van der Waals surface area contributed by atoms with Crippen LogP contribution in [0.3, 0.4) is 0 Å². The van der Waals surface area contributed by atoms with Gasteiger partial charge in [0.05, 0.1) is 0 Å². The molecule has 0 fully saturated rings. The molecule has 0 heterocycles. The third kappa shape index (κ3) is 4.39. The summed E-state index contributed by atoms with van der Waals surface area (Å²) in [6.07, 6.45) is 0. The van der Waals surface area contributed by atoms with Crippen LogP contribution in [-0.4, -0.2) is 5.91 Å². The molecule has 5 heteroatoms. The summed E-state index contributed by atoms with van der Waals surface area (Å²) < 4.78 is 0. The van der Waals surface area contributed by atoms with E-state index in [9.17, 15) is 4.79 Å². The topological polar surface area (TPSA) is 107 Å². The maximum atomic E-state index is 11.8. The van der Waals surface area contributed by atoms with Gasteiger partial charge in [-0.3, -0.25) is 21.8 Å². The molecule has 5 nitrogen and oxygen atoms in total. The Morgan fingerprint density at radius 1 is 1.00 bits per heavy atom. The van der Waals surface area contributed by atoms with Gasteiger partial charge in [-0.05, 0) is 18.1 Å². The lowest BCUT2D eigenvalue weighted by molar-refractivity contribution is -0.124. The Bertz CT molecular complexity index is 545. The smallest absolute Gasteiger partial charge is 0.242 e. The number of carbonyl (C=O) groups is 1. The van der Waals surface area contributed by atoms with Gasteiger partial charge in [0.15, 0.2) is 0 Å². The fourth-order valence-electron chi connectivity index (χ4n) is 1.98. The van der Waals surface area contributed by atoms with Gasteiger partial charge in [0.2, 0.25) is 5.91 Å². The average Bonchev–Trinajstić information content (AvgIpc) is 2.56. The van der Waals surface area contributed by atoms with Crippen LogP contribution in [0.4, 0.5) is 0 Å². The zero-order chi connectivity index (χ0) is 15.7. The molecule has 112 valence electrons. The summed E-state index contributed by atoms with van der Waals surface area (Å²) in [6.45, 7) is 2.41. The molecule has 1 amide bonds. The van der Waals surface area contributed by atoms with Crippen molar-refractivity contribution in [3.63, 3.8) is 0 Å². The molecule has 2 aromatic carbocycles. The first kappa shape index (κ1) is 16.8. The quantitative estimate of drug-likeness (QED) is 0.486. The minimum absolute atomic E-state index is 0.380. The molecular weight excluding hydrogens is 264 g/mol. The summed E-state index contributed by atoms with van der Waals surface area (Å²) in [7, 11) is 0. The molecule has 0 spiro atoms. The van der Waals surface area contributed by atoms with Gasteiger partial charge < -0.3 is 5.73 Å². The van der Waals surface area contributed by atoms with Crippen LogP contribution in [0.25, 0.3) is 0 Å². The number of rotatable bonds is 5. The van der Waals surface area contributed by atoms with Crippen molar-refractivity contribution in [3.05, 3.63) is 71.8 Å². The van der Waals surface area contributed by atoms with Gasteiger partial charge in [-0.1, -0.05) is 60.7 Å². The van der Waals surface area contributed by atoms with E-state index in [0.717, 1.165) is 11.1 Å². The van der Waals surface area contributed by atoms with Crippen LogP contribution in [0.5, 0.6) is 0 Å². The van der Waals surface area contributed by atoms with E-state index in [0.29, 0.717) is 6.54 Å². The van der Waals surface area contributed by atoms with E-state index in [-0.39, 0.29) is 5.91 Å². The Hall–Kier alpha value is -2.21. The fourth-order valence-corrected chi connectivity index (χ4v) is 1.98. The first-order valence-electron chi connectivity index (χ1n) is 6.60. The van der Waals surface area contributed by atoms with Crippen molar-refractivity contribution < 1.29 is 4.79 Å². The Balaban J connectivity index is 0.00000106. The highest BCUT2D eigenvalue weighted by molar-refractivity contribution is 5.85. The van der Waals surface area contributed by atoms with Crippen molar-refractivity contribution in [2.75, 3.05) is 0 Å². The Kier molecular flexibility index (Phi) is 6.55. The van der Waals surface area contributed by atoms with Crippen molar-refractivity contribution in [3.8, 4) is 0 Å². The maximum absolute atomic E-state index is 11.8. The Morgan fingerprint density at radius 2 is 1.48 bits per heavy atom. The molecule has 0 radical (unpaired) electrons. The summed E-state index contributed by atoms with van der Waals surface area (Å²) >= 11 is 0. The van der Waals surface area contributed by atoms with E-state index in [1.54, 1.807) is 0 Å². The van der Waals surface area contributed by atoms with Crippen molar-refractivity contribution in [1.82, 2.24) is 5.32 Å². The third-order valence-electron chi connectivity index (χ3n) is 3.33. The number of nitrogens with one attached hydrogen (secondary N) is 1. The number of hydrazine groups is 1. The second kappa shape index (κ2) is 8.16. The lowest BCUT2D eigenvalue weighted by Crippen LogP contribution is -2.50. The number of carbonyl (C=O) groups excluding carboxylic acids is 1. The first-order valence-corrected chi connectivity index (χ1v) is 6.60. The van der Waals surface area contributed by atoms with Gasteiger partial charge in [-0.2, -0.15) is 0 Å². The number of nitrogens with two attached hydrogens (primary N) is 3. The fraction of sp³-hybridized carbons (Fsp3) is 0.188. The van der Waals surface area contributed by atoms with Gasteiger partial charge in [-0.25, -0.2) is 0 Å².